The van der Waals surface area contributed by atoms with Gasteiger partial charge in [-0.05, 0) is 70.5 Å². The Kier molecular flexibility index (Phi) is 9.01. The predicted octanol–water partition coefficient (Wildman–Crippen LogP) is 4.62. The summed E-state index contributed by atoms with van der Waals surface area (Å²) in [6, 6.07) is 16.1. The van der Waals surface area contributed by atoms with E-state index in [2.05, 4.69) is 39.7 Å². The highest BCUT2D eigenvalue weighted by Crippen LogP contribution is 2.21. The van der Waals surface area contributed by atoms with Crippen LogP contribution in [0, 0.1) is 0 Å². The topological polar surface area (TPSA) is 83.6 Å². The van der Waals surface area contributed by atoms with E-state index in [1.807, 2.05) is 57.2 Å². The molecule has 0 spiro atoms. The number of fused-ring (bicyclic) bond motifs is 1. The summed E-state index contributed by atoms with van der Waals surface area (Å²) in [7, 11) is 2.06. The minimum Gasteiger partial charge on any atom is -0.444 e. The van der Waals surface area contributed by atoms with Gasteiger partial charge in [-0.15, -0.1) is 11.3 Å². The largest absolute Gasteiger partial charge is 0.444 e. The molecule has 0 aliphatic heterocycles. The molecule has 1 heterocycles. The van der Waals surface area contributed by atoms with Gasteiger partial charge >= 0.3 is 6.09 Å². The summed E-state index contributed by atoms with van der Waals surface area (Å²) in [6.45, 7) is 8.30. The quantitative estimate of drug-likeness (QED) is 0.441. The third kappa shape index (κ3) is 8.43. The number of ether oxygens (including phenoxy) is 1. The van der Waals surface area contributed by atoms with E-state index >= 15 is 0 Å². The molecule has 3 aromatic rings. The maximum absolute atomic E-state index is 12.4. The molecule has 2 aromatic carbocycles. The van der Waals surface area contributed by atoms with Gasteiger partial charge in [0.15, 0.2) is 5.01 Å². The van der Waals surface area contributed by atoms with Gasteiger partial charge < -0.3 is 20.3 Å². The van der Waals surface area contributed by atoms with Crippen molar-refractivity contribution in [3.63, 3.8) is 0 Å². The standard InChI is InChI=1S/C26H34N4O3S/c1-26(2,3)33-25(32)28-18-20-13-11-19(12-14-20)8-7-16-30(4)17-15-27-23(31)24-29-21-9-5-6-10-22(21)34-24/h5-6,9-14H,7-8,15-18H2,1-4H3,(H,27,31)(H,28,32). The second kappa shape index (κ2) is 11.9. The van der Waals surface area contributed by atoms with Crippen LogP contribution in [-0.2, 0) is 17.7 Å². The first-order chi connectivity index (χ1) is 16.2. The molecular formula is C26H34N4O3S. The van der Waals surface area contributed by atoms with Crippen LogP contribution < -0.4 is 10.6 Å². The van der Waals surface area contributed by atoms with Crippen molar-refractivity contribution in [2.75, 3.05) is 26.7 Å². The third-order valence-corrected chi connectivity index (χ3v) is 6.17. The van der Waals surface area contributed by atoms with Gasteiger partial charge in [-0.3, -0.25) is 4.79 Å². The molecule has 0 atom stereocenters. The number of rotatable bonds is 10. The second-order valence-electron chi connectivity index (χ2n) is 9.32. The Bertz CT molecular complexity index is 1060. The molecule has 0 saturated carbocycles. The van der Waals surface area contributed by atoms with E-state index in [-0.39, 0.29) is 5.91 Å². The highest BCUT2D eigenvalue weighted by molar-refractivity contribution is 7.20. The van der Waals surface area contributed by atoms with Gasteiger partial charge in [0.2, 0.25) is 0 Å². The zero-order valence-electron chi connectivity index (χ0n) is 20.4. The highest BCUT2D eigenvalue weighted by Gasteiger charge is 2.15. The van der Waals surface area contributed by atoms with Gasteiger partial charge in [-0.1, -0.05) is 36.4 Å². The summed E-state index contributed by atoms with van der Waals surface area (Å²) < 4.78 is 6.28. The van der Waals surface area contributed by atoms with Crippen molar-refractivity contribution in [2.45, 2.75) is 45.8 Å². The third-order valence-electron chi connectivity index (χ3n) is 5.13. The molecule has 2 N–H and O–H groups in total. The van der Waals surface area contributed by atoms with Gasteiger partial charge in [-0.2, -0.15) is 0 Å². The number of hydrogen-bond donors (Lipinski definition) is 2. The number of hydrogen-bond acceptors (Lipinski definition) is 6. The van der Waals surface area contributed by atoms with Crippen LogP contribution in [0.15, 0.2) is 48.5 Å². The van der Waals surface area contributed by atoms with Crippen molar-refractivity contribution in [2.24, 2.45) is 0 Å². The van der Waals surface area contributed by atoms with Crippen LogP contribution in [0.5, 0.6) is 0 Å². The minimum absolute atomic E-state index is 0.115. The summed E-state index contributed by atoms with van der Waals surface area (Å²) in [5, 5.41) is 6.25. The summed E-state index contributed by atoms with van der Waals surface area (Å²) in [5.41, 5.74) is 2.67. The smallest absolute Gasteiger partial charge is 0.407 e. The van der Waals surface area contributed by atoms with Crippen LogP contribution in [-0.4, -0.2) is 54.2 Å². The van der Waals surface area contributed by atoms with E-state index in [0.29, 0.717) is 18.1 Å². The normalized spacial score (nSPS) is 11.6. The van der Waals surface area contributed by atoms with Crippen molar-refractivity contribution in [1.82, 2.24) is 20.5 Å². The maximum Gasteiger partial charge on any atom is 0.407 e. The lowest BCUT2D eigenvalue weighted by molar-refractivity contribution is 0.0523. The van der Waals surface area contributed by atoms with Gasteiger partial charge in [-0.25, -0.2) is 9.78 Å². The number of nitrogens with zero attached hydrogens (tertiary/aromatic N) is 2. The fourth-order valence-electron chi connectivity index (χ4n) is 3.38. The molecule has 182 valence electrons. The van der Waals surface area contributed by atoms with E-state index in [9.17, 15) is 9.59 Å². The Balaban J connectivity index is 1.31. The Morgan fingerprint density at radius 1 is 1.00 bits per heavy atom. The zero-order valence-corrected chi connectivity index (χ0v) is 21.2. The van der Waals surface area contributed by atoms with E-state index in [0.717, 1.165) is 41.7 Å². The van der Waals surface area contributed by atoms with Crippen molar-refractivity contribution >= 4 is 33.6 Å². The maximum atomic E-state index is 12.4. The van der Waals surface area contributed by atoms with Crippen LogP contribution in [0.3, 0.4) is 0 Å². The summed E-state index contributed by atoms with van der Waals surface area (Å²) >= 11 is 1.42. The number of para-hydroxylation sites is 1. The van der Waals surface area contributed by atoms with Gasteiger partial charge in [0.1, 0.15) is 5.60 Å². The van der Waals surface area contributed by atoms with Crippen LogP contribution in [0.25, 0.3) is 10.2 Å². The Hall–Kier alpha value is -2.97. The Morgan fingerprint density at radius 2 is 1.71 bits per heavy atom. The number of carbonyl (C=O) groups is 2. The predicted molar refractivity (Wildman–Crippen MR) is 137 cm³/mol. The fraction of sp³-hybridized carbons (Fsp3) is 0.423. The molecule has 0 radical (unpaired) electrons. The van der Waals surface area contributed by atoms with Crippen LogP contribution in [0.2, 0.25) is 0 Å². The van der Waals surface area contributed by atoms with E-state index in [1.165, 1.54) is 16.9 Å². The molecular weight excluding hydrogens is 448 g/mol. The minimum atomic E-state index is -0.497. The molecule has 0 saturated heterocycles. The number of thiazole rings is 1. The van der Waals surface area contributed by atoms with Crippen molar-refractivity contribution in [3.05, 3.63) is 64.7 Å². The lowest BCUT2D eigenvalue weighted by Gasteiger charge is -2.19. The van der Waals surface area contributed by atoms with E-state index in [1.54, 1.807) is 0 Å². The molecule has 7 nitrogen and oxygen atoms in total. The van der Waals surface area contributed by atoms with Crippen molar-refractivity contribution in [3.8, 4) is 0 Å². The molecule has 0 unspecified atom stereocenters. The molecule has 0 bridgehead atoms. The molecule has 3 rings (SSSR count). The SMILES string of the molecule is CN(CCCc1ccc(CNC(=O)OC(C)(C)C)cc1)CCNC(=O)c1nc2ccccc2s1. The molecule has 8 heteroatoms. The molecule has 2 amide bonds. The Labute approximate surface area is 205 Å². The first kappa shape index (κ1) is 25.6. The first-order valence-electron chi connectivity index (χ1n) is 11.6. The highest BCUT2D eigenvalue weighted by atomic mass is 32.1. The van der Waals surface area contributed by atoms with Gasteiger partial charge in [0.05, 0.1) is 10.2 Å². The molecule has 34 heavy (non-hydrogen) atoms. The lowest BCUT2D eigenvalue weighted by atomic mass is 10.1. The lowest BCUT2D eigenvalue weighted by Crippen LogP contribution is -2.33. The average Bonchev–Trinajstić information content (AvgIpc) is 3.22. The molecule has 0 aliphatic rings. The van der Waals surface area contributed by atoms with Crippen LogP contribution in [0.4, 0.5) is 4.79 Å². The fourth-order valence-corrected chi connectivity index (χ4v) is 4.26. The van der Waals surface area contributed by atoms with Crippen molar-refractivity contribution < 1.29 is 14.3 Å². The molecule has 1 aromatic heterocycles. The number of nitrogens with one attached hydrogen (secondary N) is 2. The molecule has 0 aliphatic carbocycles. The number of aromatic nitrogens is 1. The van der Waals surface area contributed by atoms with Crippen LogP contribution in [0.1, 0.15) is 48.1 Å². The number of amides is 2. The number of likely N-dealkylation sites (N-methyl/N-ethyl adjacent to an activating group) is 1. The van der Waals surface area contributed by atoms with E-state index in [4.69, 9.17) is 4.74 Å². The monoisotopic (exact) mass is 482 g/mol. The van der Waals surface area contributed by atoms with Crippen molar-refractivity contribution in [1.29, 1.82) is 0 Å². The summed E-state index contributed by atoms with van der Waals surface area (Å²) in [4.78, 5) is 30.7. The summed E-state index contributed by atoms with van der Waals surface area (Å²) in [6.07, 6.45) is 1.59. The van der Waals surface area contributed by atoms with Gasteiger partial charge in [0, 0.05) is 19.6 Å². The number of carbonyl (C=O) groups excluding carboxylic acids is 2. The zero-order chi connectivity index (χ0) is 24.6. The van der Waals surface area contributed by atoms with Crippen LogP contribution >= 0.6 is 11.3 Å². The number of alkyl carbamates (subject to hydrolysis) is 1. The number of benzene rings is 2. The van der Waals surface area contributed by atoms with E-state index < -0.39 is 11.7 Å². The number of aryl methyl sites for hydroxylation is 1. The van der Waals surface area contributed by atoms with Gasteiger partial charge in [0.25, 0.3) is 5.91 Å². The molecule has 0 fully saturated rings. The first-order valence-corrected chi connectivity index (χ1v) is 12.4. The second-order valence-corrected chi connectivity index (χ2v) is 10.4. The summed E-state index contributed by atoms with van der Waals surface area (Å²) in [5.74, 6) is -0.115. The Morgan fingerprint density at radius 3 is 2.41 bits per heavy atom. The average molecular weight is 483 g/mol.